The van der Waals surface area contributed by atoms with E-state index in [2.05, 4.69) is 9.88 Å². The summed E-state index contributed by atoms with van der Waals surface area (Å²) in [5.74, 6) is 1.23. The Morgan fingerprint density at radius 3 is 3.00 bits per heavy atom. The van der Waals surface area contributed by atoms with E-state index in [9.17, 15) is 4.79 Å². The molecule has 1 unspecified atom stereocenters. The molecule has 1 aliphatic heterocycles. The van der Waals surface area contributed by atoms with Gasteiger partial charge in [-0.15, -0.1) is 0 Å². The van der Waals surface area contributed by atoms with Crippen molar-refractivity contribution in [2.45, 2.75) is 38.8 Å². The molecule has 94 valence electrons. The van der Waals surface area contributed by atoms with E-state index in [0.29, 0.717) is 17.6 Å². The van der Waals surface area contributed by atoms with E-state index in [-0.39, 0.29) is 5.78 Å². The van der Waals surface area contributed by atoms with Gasteiger partial charge in [0.05, 0.1) is 12.7 Å². The van der Waals surface area contributed by atoms with Crippen molar-refractivity contribution in [1.82, 2.24) is 14.5 Å². The van der Waals surface area contributed by atoms with Crippen molar-refractivity contribution < 1.29 is 4.79 Å². The number of rotatable bonds is 4. The van der Waals surface area contributed by atoms with Crippen molar-refractivity contribution in [2.24, 2.45) is 7.05 Å². The predicted octanol–water partition coefficient (Wildman–Crippen LogP) is 2.02. The first-order valence-corrected chi connectivity index (χ1v) is 6.35. The summed E-state index contributed by atoms with van der Waals surface area (Å²) >= 11 is 5.96. The molecule has 1 saturated heterocycles. The lowest BCUT2D eigenvalue weighted by atomic mass is 10.1. The summed E-state index contributed by atoms with van der Waals surface area (Å²) in [6, 6.07) is 0.378. The van der Waals surface area contributed by atoms with Crippen molar-refractivity contribution in [1.29, 1.82) is 0 Å². The second-order valence-corrected chi connectivity index (χ2v) is 5.12. The fourth-order valence-electron chi connectivity index (χ4n) is 2.42. The van der Waals surface area contributed by atoms with Crippen LogP contribution in [-0.4, -0.2) is 32.8 Å². The van der Waals surface area contributed by atoms with Crippen molar-refractivity contribution in [3.8, 4) is 0 Å². The number of carbonyl (C=O) groups is 1. The minimum absolute atomic E-state index is 0.264. The lowest BCUT2D eigenvalue weighted by Gasteiger charge is -2.23. The van der Waals surface area contributed by atoms with Gasteiger partial charge in [-0.25, -0.2) is 4.98 Å². The summed E-state index contributed by atoms with van der Waals surface area (Å²) in [7, 11) is 1.92. The molecule has 4 nitrogen and oxygen atoms in total. The standard InChI is InChI=1S/C12H18ClN3O/c1-9(17)6-10-4-3-5-16(10)8-12-14-7-11(13)15(12)2/h7,10H,3-6,8H2,1-2H3. The van der Waals surface area contributed by atoms with Gasteiger partial charge in [-0.3, -0.25) is 9.69 Å². The Morgan fingerprint density at radius 1 is 1.65 bits per heavy atom. The third-order valence-corrected chi connectivity index (χ3v) is 3.75. The second-order valence-electron chi connectivity index (χ2n) is 4.73. The van der Waals surface area contributed by atoms with Gasteiger partial charge >= 0.3 is 0 Å². The third-order valence-electron chi connectivity index (χ3n) is 3.39. The Labute approximate surface area is 107 Å². The second kappa shape index (κ2) is 5.19. The van der Waals surface area contributed by atoms with E-state index in [0.717, 1.165) is 31.8 Å². The molecular weight excluding hydrogens is 238 g/mol. The summed E-state index contributed by atoms with van der Waals surface area (Å²) in [5.41, 5.74) is 0. The fourth-order valence-corrected chi connectivity index (χ4v) is 2.57. The highest BCUT2D eigenvalue weighted by Crippen LogP contribution is 2.23. The molecule has 1 aromatic rings. The van der Waals surface area contributed by atoms with Crippen LogP contribution < -0.4 is 0 Å². The Balaban J connectivity index is 2.02. The lowest BCUT2D eigenvalue weighted by Crippen LogP contribution is -2.31. The number of likely N-dealkylation sites (tertiary alicyclic amines) is 1. The molecule has 1 atom stereocenters. The molecular formula is C12H18ClN3O. The zero-order valence-electron chi connectivity index (χ0n) is 10.3. The normalized spacial score (nSPS) is 21.0. The number of imidazole rings is 1. The van der Waals surface area contributed by atoms with Gasteiger partial charge in [0.1, 0.15) is 16.8 Å². The predicted molar refractivity (Wildman–Crippen MR) is 66.9 cm³/mol. The molecule has 5 heteroatoms. The van der Waals surface area contributed by atoms with Crippen LogP contribution in [0, 0.1) is 0 Å². The first kappa shape index (κ1) is 12.6. The van der Waals surface area contributed by atoms with Gasteiger partial charge in [0.15, 0.2) is 0 Å². The number of aromatic nitrogens is 2. The molecule has 1 aromatic heterocycles. The number of carbonyl (C=O) groups excluding carboxylic acids is 1. The van der Waals surface area contributed by atoms with Crippen LogP contribution in [-0.2, 0) is 18.4 Å². The van der Waals surface area contributed by atoms with E-state index in [4.69, 9.17) is 11.6 Å². The summed E-state index contributed by atoms with van der Waals surface area (Å²) in [6.07, 6.45) is 4.60. The highest BCUT2D eigenvalue weighted by Gasteiger charge is 2.26. The zero-order valence-corrected chi connectivity index (χ0v) is 11.1. The van der Waals surface area contributed by atoms with Gasteiger partial charge in [-0.2, -0.15) is 0 Å². The van der Waals surface area contributed by atoms with Crippen LogP contribution in [0.3, 0.4) is 0 Å². The van der Waals surface area contributed by atoms with Crippen molar-refractivity contribution in [2.75, 3.05) is 6.54 Å². The van der Waals surface area contributed by atoms with Gasteiger partial charge in [-0.1, -0.05) is 11.6 Å². The molecule has 0 aliphatic carbocycles. The minimum atomic E-state index is 0.264. The number of Topliss-reactive ketones (excluding diaryl/α,β-unsaturated/α-hetero) is 1. The maximum Gasteiger partial charge on any atom is 0.131 e. The first-order chi connectivity index (χ1) is 8.08. The van der Waals surface area contributed by atoms with Gasteiger partial charge in [0.25, 0.3) is 0 Å². The Kier molecular flexibility index (Phi) is 3.84. The summed E-state index contributed by atoms with van der Waals surface area (Å²) in [6.45, 7) is 3.48. The topological polar surface area (TPSA) is 38.1 Å². The molecule has 0 N–H and O–H groups in total. The summed E-state index contributed by atoms with van der Waals surface area (Å²) in [5, 5.41) is 0.655. The van der Waals surface area contributed by atoms with Crippen molar-refractivity contribution in [3.05, 3.63) is 17.2 Å². The molecule has 0 radical (unpaired) electrons. The van der Waals surface area contributed by atoms with Crippen LogP contribution >= 0.6 is 11.6 Å². The Hall–Kier alpha value is -0.870. The third kappa shape index (κ3) is 2.87. The molecule has 2 rings (SSSR count). The number of halogens is 1. The quantitative estimate of drug-likeness (QED) is 0.826. The minimum Gasteiger partial charge on any atom is -0.321 e. The SMILES string of the molecule is CC(=O)CC1CCCN1Cc1ncc(Cl)n1C. The summed E-state index contributed by atoms with van der Waals surface area (Å²) < 4.78 is 1.89. The molecule has 1 aliphatic rings. The molecule has 0 aromatic carbocycles. The van der Waals surface area contributed by atoms with Crippen LogP contribution in [0.2, 0.25) is 5.15 Å². The molecule has 0 bridgehead atoms. The van der Waals surface area contributed by atoms with Gasteiger partial charge < -0.3 is 4.57 Å². The van der Waals surface area contributed by atoms with E-state index in [1.807, 2.05) is 11.6 Å². The lowest BCUT2D eigenvalue weighted by molar-refractivity contribution is -0.118. The molecule has 2 heterocycles. The van der Waals surface area contributed by atoms with Gasteiger partial charge in [-0.05, 0) is 26.3 Å². The van der Waals surface area contributed by atoms with Crippen LogP contribution in [0.25, 0.3) is 0 Å². The van der Waals surface area contributed by atoms with Crippen molar-refractivity contribution >= 4 is 17.4 Å². The van der Waals surface area contributed by atoms with E-state index in [1.165, 1.54) is 0 Å². The molecule has 17 heavy (non-hydrogen) atoms. The molecule has 0 saturated carbocycles. The molecule has 0 amide bonds. The van der Waals surface area contributed by atoms with E-state index < -0.39 is 0 Å². The summed E-state index contributed by atoms with van der Waals surface area (Å²) in [4.78, 5) is 17.8. The van der Waals surface area contributed by atoms with E-state index >= 15 is 0 Å². The van der Waals surface area contributed by atoms with E-state index in [1.54, 1.807) is 13.1 Å². The Morgan fingerprint density at radius 2 is 2.41 bits per heavy atom. The maximum atomic E-state index is 11.2. The number of hydrogen-bond donors (Lipinski definition) is 0. The molecule has 0 spiro atoms. The smallest absolute Gasteiger partial charge is 0.131 e. The molecule has 1 fully saturated rings. The van der Waals surface area contributed by atoms with Crippen molar-refractivity contribution in [3.63, 3.8) is 0 Å². The number of ketones is 1. The maximum absolute atomic E-state index is 11.2. The Bertz CT molecular complexity index is 416. The van der Waals surface area contributed by atoms with Crippen LogP contribution in [0.15, 0.2) is 6.20 Å². The number of nitrogens with zero attached hydrogens (tertiary/aromatic N) is 3. The van der Waals surface area contributed by atoms with Crippen LogP contribution in [0.1, 0.15) is 32.0 Å². The van der Waals surface area contributed by atoms with Crippen LogP contribution in [0.5, 0.6) is 0 Å². The van der Waals surface area contributed by atoms with Gasteiger partial charge in [0.2, 0.25) is 0 Å². The average molecular weight is 256 g/mol. The largest absolute Gasteiger partial charge is 0.321 e. The number of hydrogen-bond acceptors (Lipinski definition) is 3. The first-order valence-electron chi connectivity index (χ1n) is 5.97. The zero-order chi connectivity index (χ0) is 12.4. The monoisotopic (exact) mass is 255 g/mol. The van der Waals surface area contributed by atoms with Gasteiger partial charge in [0, 0.05) is 19.5 Å². The van der Waals surface area contributed by atoms with Crippen LogP contribution in [0.4, 0.5) is 0 Å². The highest BCUT2D eigenvalue weighted by molar-refractivity contribution is 6.29. The fraction of sp³-hybridized carbons (Fsp3) is 0.667. The highest BCUT2D eigenvalue weighted by atomic mass is 35.5. The average Bonchev–Trinajstić information content (AvgIpc) is 2.80.